The van der Waals surface area contributed by atoms with Crippen molar-refractivity contribution in [3.05, 3.63) is 23.5 Å². The van der Waals surface area contributed by atoms with Gasteiger partial charge in [-0.3, -0.25) is 9.78 Å². The number of nitrogens with two attached hydrogens (primary N) is 1. The third-order valence-electron chi connectivity index (χ3n) is 3.02. The van der Waals surface area contributed by atoms with E-state index in [1.165, 1.54) is 6.20 Å². The summed E-state index contributed by atoms with van der Waals surface area (Å²) in [6, 6.07) is 1.76. The molecule has 1 amide bonds. The van der Waals surface area contributed by atoms with Crippen LogP contribution in [0.15, 0.2) is 18.5 Å². The molecule has 0 saturated carbocycles. The number of hydrogen-bond donors (Lipinski definition) is 2. The maximum atomic E-state index is 11.2. The van der Waals surface area contributed by atoms with Gasteiger partial charge < -0.3 is 15.7 Å². The molecule has 17 heavy (non-hydrogen) atoms. The molecule has 0 unspecified atom stereocenters. The predicted octanol–water partition coefficient (Wildman–Crippen LogP) is 0.552. The molecule has 2 rings (SSSR count). The molecule has 5 nitrogen and oxygen atoms in total. The highest BCUT2D eigenvalue weighted by molar-refractivity contribution is 6.33. The summed E-state index contributed by atoms with van der Waals surface area (Å²) in [5.74, 6) is -0.688. The van der Waals surface area contributed by atoms with E-state index in [1.807, 2.05) is 4.90 Å². The van der Waals surface area contributed by atoms with Crippen molar-refractivity contribution in [2.24, 2.45) is 5.73 Å². The van der Waals surface area contributed by atoms with E-state index >= 15 is 0 Å². The molecule has 1 aromatic heterocycles. The molecule has 0 spiro atoms. The number of piperidine rings is 1. The van der Waals surface area contributed by atoms with Crippen molar-refractivity contribution < 1.29 is 9.90 Å². The first kappa shape index (κ1) is 12.1. The summed E-state index contributed by atoms with van der Waals surface area (Å²) in [5.41, 5.74) is 4.52. The molecule has 1 aromatic rings. The lowest BCUT2D eigenvalue weighted by Crippen LogP contribution is -2.56. The van der Waals surface area contributed by atoms with Crippen molar-refractivity contribution in [3.63, 3.8) is 0 Å². The molecule has 0 aliphatic carbocycles. The highest BCUT2D eigenvalue weighted by Gasteiger charge is 2.39. The molecule has 1 aliphatic heterocycles. The fourth-order valence-electron chi connectivity index (χ4n) is 2.07. The van der Waals surface area contributed by atoms with Crippen LogP contribution in [0, 0.1) is 0 Å². The van der Waals surface area contributed by atoms with E-state index in [9.17, 15) is 9.90 Å². The topological polar surface area (TPSA) is 79.5 Å². The molecule has 0 radical (unpaired) electrons. The van der Waals surface area contributed by atoms with E-state index < -0.39 is 11.5 Å². The van der Waals surface area contributed by atoms with Crippen LogP contribution in [0.1, 0.15) is 12.8 Å². The van der Waals surface area contributed by atoms with Crippen LogP contribution in [0.3, 0.4) is 0 Å². The van der Waals surface area contributed by atoms with E-state index in [1.54, 1.807) is 12.3 Å². The zero-order valence-electron chi connectivity index (χ0n) is 9.27. The van der Waals surface area contributed by atoms with Crippen LogP contribution in [0.5, 0.6) is 0 Å². The van der Waals surface area contributed by atoms with Crippen LogP contribution in [-0.4, -0.2) is 34.7 Å². The zero-order chi connectivity index (χ0) is 12.5. The SMILES string of the molecule is NC(=O)[C@@]1(O)CCCN(c2ccncc2Cl)C1. The Morgan fingerprint density at radius 3 is 3.06 bits per heavy atom. The second-order valence-electron chi connectivity index (χ2n) is 4.25. The fourth-order valence-corrected chi connectivity index (χ4v) is 2.31. The standard InChI is InChI=1S/C11H14ClN3O2/c12-8-6-14-4-2-9(8)15-5-1-3-11(17,7-15)10(13)16/h2,4,6,17H,1,3,5,7H2,(H2,13,16)/t11-/m1/s1. The number of aromatic nitrogens is 1. The molecule has 1 saturated heterocycles. The number of nitrogens with zero attached hydrogens (tertiary/aromatic N) is 2. The van der Waals surface area contributed by atoms with Gasteiger partial charge in [0.25, 0.3) is 5.91 Å². The average molecular weight is 256 g/mol. The number of aliphatic hydroxyl groups is 1. The summed E-state index contributed by atoms with van der Waals surface area (Å²) >= 11 is 6.03. The van der Waals surface area contributed by atoms with E-state index in [2.05, 4.69) is 4.98 Å². The first-order valence-corrected chi connectivity index (χ1v) is 5.77. The van der Waals surface area contributed by atoms with Gasteiger partial charge in [-0.25, -0.2) is 0 Å². The minimum absolute atomic E-state index is 0.173. The average Bonchev–Trinajstić information content (AvgIpc) is 2.29. The molecule has 0 aromatic carbocycles. The van der Waals surface area contributed by atoms with Gasteiger partial charge in [0.05, 0.1) is 17.3 Å². The monoisotopic (exact) mass is 255 g/mol. The normalized spacial score (nSPS) is 24.7. The third-order valence-corrected chi connectivity index (χ3v) is 3.31. The molecule has 92 valence electrons. The third kappa shape index (κ3) is 2.35. The molecule has 0 bridgehead atoms. The van der Waals surface area contributed by atoms with Crippen LogP contribution in [-0.2, 0) is 4.79 Å². The first-order chi connectivity index (χ1) is 8.03. The second kappa shape index (κ2) is 4.50. The van der Waals surface area contributed by atoms with Gasteiger partial charge in [0, 0.05) is 18.9 Å². The minimum atomic E-state index is -1.47. The van der Waals surface area contributed by atoms with Crippen molar-refractivity contribution in [2.45, 2.75) is 18.4 Å². The van der Waals surface area contributed by atoms with Crippen LogP contribution in [0.2, 0.25) is 5.02 Å². The summed E-state index contributed by atoms with van der Waals surface area (Å²) in [6.07, 6.45) is 4.24. The van der Waals surface area contributed by atoms with Crippen molar-refractivity contribution in [1.29, 1.82) is 0 Å². The maximum absolute atomic E-state index is 11.2. The summed E-state index contributed by atoms with van der Waals surface area (Å²) < 4.78 is 0. The first-order valence-electron chi connectivity index (χ1n) is 5.40. The second-order valence-corrected chi connectivity index (χ2v) is 4.66. The van der Waals surface area contributed by atoms with E-state index in [0.29, 0.717) is 17.9 Å². The number of β-amino-alcohol motifs (C(OH)–C–C–N with tert-alkyl or cyclic N) is 1. The Hall–Kier alpha value is -1.33. The number of anilines is 1. The number of primary amides is 1. The number of pyridine rings is 1. The molecule has 2 heterocycles. The molecular weight excluding hydrogens is 242 g/mol. The maximum Gasteiger partial charge on any atom is 0.251 e. The number of carbonyl (C=O) groups excluding carboxylic acids is 1. The van der Waals surface area contributed by atoms with Crippen molar-refractivity contribution >= 4 is 23.2 Å². The number of amides is 1. The summed E-state index contributed by atoms with van der Waals surface area (Å²) in [4.78, 5) is 17.0. The molecule has 6 heteroatoms. The predicted molar refractivity (Wildman–Crippen MR) is 64.8 cm³/mol. The summed E-state index contributed by atoms with van der Waals surface area (Å²) in [7, 11) is 0. The molecule has 1 aliphatic rings. The number of carbonyl (C=O) groups is 1. The van der Waals surface area contributed by atoms with E-state index in [4.69, 9.17) is 17.3 Å². The van der Waals surface area contributed by atoms with Gasteiger partial charge in [-0.05, 0) is 18.9 Å². The van der Waals surface area contributed by atoms with Gasteiger partial charge in [0.15, 0.2) is 5.60 Å². The smallest absolute Gasteiger partial charge is 0.251 e. The van der Waals surface area contributed by atoms with Crippen molar-refractivity contribution in [1.82, 2.24) is 4.98 Å². The lowest BCUT2D eigenvalue weighted by Gasteiger charge is -2.38. The fraction of sp³-hybridized carbons (Fsp3) is 0.455. The van der Waals surface area contributed by atoms with E-state index in [-0.39, 0.29) is 6.54 Å². The van der Waals surface area contributed by atoms with Gasteiger partial charge in [0.2, 0.25) is 0 Å². The van der Waals surface area contributed by atoms with Crippen LogP contribution in [0.25, 0.3) is 0 Å². The lowest BCUT2D eigenvalue weighted by molar-refractivity contribution is -0.137. The Morgan fingerprint density at radius 1 is 1.65 bits per heavy atom. The van der Waals surface area contributed by atoms with Crippen molar-refractivity contribution in [2.75, 3.05) is 18.0 Å². The Labute approximate surface area is 104 Å². The molecule has 3 N–H and O–H groups in total. The lowest BCUT2D eigenvalue weighted by atomic mass is 9.92. The van der Waals surface area contributed by atoms with Gasteiger partial charge in [-0.2, -0.15) is 0 Å². The van der Waals surface area contributed by atoms with Gasteiger partial charge >= 0.3 is 0 Å². The molecular formula is C11H14ClN3O2. The Bertz CT molecular complexity index is 440. The molecule has 1 atom stereocenters. The van der Waals surface area contributed by atoms with Crippen LogP contribution >= 0.6 is 11.6 Å². The minimum Gasteiger partial charge on any atom is -0.378 e. The zero-order valence-corrected chi connectivity index (χ0v) is 10.0. The quantitative estimate of drug-likeness (QED) is 0.809. The Kier molecular flexibility index (Phi) is 3.22. The van der Waals surface area contributed by atoms with Crippen molar-refractivity contribution in [3.8, 4) is 0 Å². The van der Waals surface area contributed by atoms with Crippen LogP contribution < -0.4 is 10.6 Å². The van der Waals surface area contributed by atoms with Crippen LogP contribution in [0.4, 0.5) is 5.69 Å². The van der Waals surface area contributed by atoms with Gasteiger partial charge in [0.1, 0.15) is 0 Å². The van der Waals surface area contributed by atoms with E-state index in [0.717, 1.165) is 12.2 Å². The summed E-state index contributed by atoms with van der Waals surface area (Å²) in [5, 5.41) is 10.6. The number of hydrogen-bond acceptors (Lipinski definition) is 4. The Balaban J connectivity index is 2.24. The highest BCUT2D eigenvalue weighted by Crippen LogP contribution is 2.30. The number of rotatable bonds is 2. The molecule has 1 fully saturated rings. The largest absolute Gasteiger partial charge is 0.378 e. The Morgan fingerprint density at radius 2 is 2.41 bits per heavy atom. The van der Waals surface area contributed by atoms with Gasteiger partial charge in [-0.1, -0.05) is 11.6 Å². The highest BCUT2D eigenvalue weighted by atomic mass is 35.5. The summed E-state index contributed by atoms with van der Waals surface area (Å²) in [6.45, 7) is 0.908. The van der Waals surface area contributed by atoms with Gasteiger partial charge in [-0.15, -0.1) is 0 Å². The number of halogens is 1.